The molecular formula is C12H19NO8S2. The first kappa shape index (κ1) is 19.5. The maximum atomic E-state index is 12.1. The molecule has 1 aromatic heterocycles. The number of rotatable bonds is 5. The standard InChI is InChI=1S/C12H19NO8S2/c1-12(2,3)20-11(14)13-7-10(21-23(5,17)18)6-9(13)8-19-22(4,15)16/h6-7H,8H2,1-5H3. The summed E-state index contributed by atoms with van der Waals surface area (Å²) in [5, 5.41) is 0. The second kappa shape index (κ2) is 6.49. The van der Waals surface area contributed by atoms with E-state index in [1.807, 2.05) is 0 Å². The van der Waals surface area contributed by atoms with Crippen LogP contribution in [0.5, 0.6) is 5.75 Å². The summed E-state index contributed by atoms with van der Waals surface area (Å²) in [6, 6.07) is 1.18. The first-order chi connectivity index (χ1) is 10.2. The number of hydrogen-bond acceptors (Lipinski definition) is 8. The zero-order valence-corrected chi connectivity index (χ0v) is 15.0. The molecule has 0 N–H and O–H groups in total. The molecule has 0 aliphatic rings. The Hall–Kier alpha value is -1.59. The summed E-state index contributed by atoms with van der Waals surface area (Å²) in [5.41, 5.74) is -0.739. The van der Waals surface area contributed by atoms with Crippen molar-refractivity contribution in [2.45, 2.75) is 33.0 Å². The van der Waals surface area contributed by atoms with Gasteiger partial charge in [-0.2, -0.15) is 16.8 Å². The van der Waals surface area contributed by atoms with E-state index in [0.717, 1.165) is 23.3 Å². The van der Waals surface area contributed by atoms with Crippen LogP contribution in [0, 0.1) is 0 Å². The Balaban J connectivity index is 3.16. The number of nitrogens with zero attached hydrogens (tertiary/aromatic N) is 1. The fraction of sp³-hybridized carbons (Fsp3) is 0.583. The topological polar surface area (TPSA) is 118 Å². The van der Waals surface area contributed by atoms with Crippen molar-refractivity contribution in [1.29, 1.82) is 0 Å². The Morgan fingerprint density at radius 3 is 2.13 bits per heavy atom. The van der Waals surface area contributed by atoms with Crippen molar-refractivity contribution < 1.29 is 34.7 Å². The molecule has 23 heavy (non-hydrogen) atoms. The van der Waals surface area contributed by atoms with E-state index in [4.69, 9.17) is 4.74 Å². The van der Waals surface area contributed by atoms with Crippen molar-refractivity contribution in [2.75, 3.05) is 12.5 Å². The maximum absolute atomic E-state index is 12.1. The first-order valence-electron chi connectivity index (χ1n) is 6.35. The minimum absolute atomic E-state index is 0.0586. The molecule has 0 aliphatic carbocycles. The van der Waals surface area contributed by atoms with Gasteiger partial charge in [-0.25, -0.2) is 4.79 Å². The summed E-state index contributed by atoms with van der Waals surface area (Å²) >= 11 is 0. The molecule has 132 valence electrons. The van der Waals surface area contributed by atoms with Crippen molar-refractivity contribution in [3.8, 4) is 5.75 Å². The average molecular weight is 369 g/mol. The molecule has 0 amide bonds. The van der Waals surface area contributed by atoms with Crippen molar-refractivity contribution in [2.24, 2.45) is 0 Å². The number of hydrogen-bond donors (Lipinski definition) is 0. The fourth-order valence-corrected chi connectivity index (χ4v) is 2.24. The molecule has 0 radical (unpaired) electrons. The molecule has 1 aromatic rings. The number of ether oxygens (including phenoxy) is 1. The third-order valence-electron chi connectivity index (χ3n) is 2.13. The zero-order chi connectivity index (χ0) is 18.1. The summed E-state index contributed by atoms with van der Waals surface area (Å²) in [5.74, 6) is -0.162. The van der Waals surface area contributed by atoms with Crippen LogP contribution in [-0.2, 0) is 35.8 Å². The van der Waals surface area contributed by atoms with E-state index in [0.29, 0.717) is 0 Å². The van der Waals surface area contributed by atoms with Crippen LogP contribution in [0.1, 0.15) is 26.5 Å². The summed E-state index contributed by atoms with van der Waals surface area (Å²) in [6.45, 7) is 4.46. The Kier molecular flexibility index (Phi) is 5.49. The smallest absolute Gasteiger partial charge is 0.418 e. The molecule has 0 saturated heterocycles. The quantitative estimate of drug-likeness (QED) is 0.708. The van der Waals surface area contributed by atoms with Gasteiger partial charge in [0.25, 0.3) is 10.1 Å². The lowest BCUT2D eigenvalue weighted by atomic mass is 10.2. The van der Waals surface area contributed by atoms with E-state index in [1.54, 1.807) is 20.8 Å². The van der Waals surface area contributed by atoms with Crippen molar-refractivity contribution in [1.82, 2.24) is 4.57 Å². The van der Waals surface area contributed by atoms with Crippen LogP contribution in [0.2, 0.25) is 0 Å². The van der Waals surface area contributed by atoms with E-state index >= 15 is 0 Å². The van der Waals surface area contributed by atoms with Crippen LogP contribution in [0.15, 0.2) is 12.3 Å². The fourth-order valence-electron chi connectivity index (χ4n) is 1.46. The molecule has 0 aliphatic heterocycles. The molecule has 1 heterocycles. The van der Waals surface area contributed by atoms with E-state index in [9.17, 15) is 21.6 Å². The molecule has 9 nitrogen and oxygen atoms in total. The summed E-state index contributed by atoms with van der Waals surface area (Å²) in [7, 11) is -7.56. The summed E-state index contributed by atoms with van der Waals surface area (Å²) in [4.78, 5) is 12.1. The molecule has 0 fully saturated rings. The molecule has 1 rings (SSSR count). The van der Waals surface area contributed by atoms with Gasteiger partial charge >= 0.3 is 16.2 Å². The van der Waals surface area contributed by atoms with E-state index < -0.39 is 38.5 Å². The van der Waals surface area contributed by atoms with Gasteiger partial charge in [-0.3, -0.25) is 8.75 Å². The van der Waals surface area contributed by atoms with Gasteiger partial charge < -0.3 is 8.92 Å². The van der Waals surface area contributed by atoms with Crippen LogP contribution >= 0.6 is 0 Å². The second-order valence-electron chi connectivity index (χ2n) is 5.77. The van der Waals surface area contributed by atoms with Gasteiger partial charge in [0.05, 0.1) is 24.4 Å². The van der Waals surface area contributed by atoms with Crippen molar-refractivity contribution >= 4 is 26.3 Å². The van der Waals surface area contributed by atoms with Gasteiger partial charge in [0.15, 0.2) is 5.75 Å². The predicted molar refractivity (Wildman–Crippen MR) is 81.2 cm³/mol. The predicted octanol–water partition coefficient (Wildman–Crippen LogP) is 1.09. The maximum Gasteiger partial charge on any atom is 0.418 e. The third-order valence-corrected chi connectivity index (χ3v) is 3.17. The molecule has 0 bridgehead atoms. The van der Waals surface area contributed by atoms with Gasteiger partial charge in [0.2, 0.25) is 0 Å². The highest BCUT2D eigenvalue weighted by molar-refractivity contribution is 7.86. The number of carbonyl (C=O) groups excluding carboxylic acids is 1. The Labute approximate surface area is 135 Å². The molecule has 0 aromatic carbocycles. The molecular weight excluding hydrogens is 350 g/mol. The number of aromatic nitrogens is 1. The van der Waals surface area contributed by atoms with Crippen molar-refractivity contribution in [3.05, 3.63) is 18.0 Å². The molecule has 0 atom stereocenters. The summed E-state index contributed by atoms with van der Waals surface area (Å²) < 4.78 is 59.8. The van der Waals surface area contributed by atoms with E-state index in [1.165, 1.54) is 6.07 Å². The van der Waals surface area contributed by atoms with Gasteiger partial charge in [0.1, 0.15) is 12.2 Å². The Bertz CT molecular complexity index is 784. The minimum Gasteiger partial charge on any atom is -0.443 e. The highest BCUT2D eigenvalue weighted by atomic mass is 32.2. The Morgan fingerprint density at radius 1 is 1.13 bits per heavy atom. The lowest BCUT2D eigenvalue weighted by Gasteiger charge is -2.20. The molecule has 0 spiro atoms. The van der Waals surface area contributed by atoms with Gasteiger partial charge in [-0.05, 0) is 20.8 Å². The van der Waals surface area contributed by atoms with Crippen LogP contribution in [0.3, 0.4) is 0 Å². The summed E-state index contributed by atoms with van der Waals surface area (Å²) in [6.07, 6.45) is 1.94. The molecule has 11 heteroatoms. The minimum atomic E-state index is -3.81. The van der Waals surface area contributed by atoms with Gasteiger partial charge in [0, 0.05) is 6.07 Å². The van der Waals surface area contributed by atoms with E-state index in [-0.39, 0.29) is 11.4 Å². The molecule has 0 unspecified atom stereocenters. The highest BCUT2D eigenvalue weighted by Gasteiger charge is 2.22. The van der Waals surface area contributed by atoms with Crippen molar-refractivity contribution in [3.63, 3.8) is 0 Å². The third kappa shape index (κ3) is 7.48. The molecule has 0 saturated carbocycles. The SMILES string of the molecule is CC(C)(C)OC(=O)n1cc(OS(C)(=O)=O)cc1COS(C)(=O)=O. The van der Waals surface area contributed by atoms with Gasteiger partial charge in [-0.15, -0.1) is 0 Å². The lowest BCUT2D eigenvalue weighted by molar-refractivity contribution is 0.0527. The highest BCUT2D eigenvalue weighted by Crippen LogP contribution is 2.21. The number of carbonyl (C=O) groups is 1. The monoisotopic (exact) mass is 369 g/mol. The van der Waals surface area contributed by atoms with Crippen LogP contribution in [0.25, 0.3) is 0 Å². The lowest BCUT2D eigenvalue weighted by Crippen LogP contribution is -2.27. The average Bonchev–Trinajstić information content (AvgIpc) is 2.63. The Morgan fingerprint density at radius 2 is 1.70 bits per heavy atom. The normalized spacial score (nSPS) is 12.9. The van der Waals surface area contributed by atoms with E-state index in [2.05, 4.69) is 8.37 Å². The van der Waals surface area contributed by atoms with Crippen LogP contribution in [0.4, 0.5) is 4.79 Å². The second-order valence-corrected chi connectivity index (χ2v) is 8.99. The van der Waals surface area contributed by atoms with Gasteiger partial charge in [-0.1, -0.05) is 0 Å². The largest absolute Gasteiger partial charge is 0.443 e. The zero-order valence-electron chi connectivity index (χ0n) is 13.4. The van der Waals surface area contributed by atoms with Crippen LogP contribution < -0.4 is 4.18 Å². The first-order valence-corrected chi connectivity index (χ1v) is 9.98. The van der Waals surface area contributed by atoms with Crippen LogP contribution in [-0.4, -0.2) is 45.6 Å².